The maximum atomic E-state index is 14.2. The van der Waals surface area contributed by atoms with E-state index in [1.165, 1.54) is 6.42 Å². The van der Waals surface area contributed by atoms with Crippen LogP contribution in [-0.4, -0.2) is 63.4 Å². The van der Waals surface area contributed by atoms with Crippen LogP contribution < -0.4 is 21.7 Å². The van der Waals surface area contributed by atoms with E-state index >= 15 is 0 Å². The quantitative estimate of drug-likeness (QED) is 0.388. The van der Waals surface area contributed by atoms with Crippen molar-refractivity contribution < 1.29 is 14.4 Å². The van der Waals surface area contributed by atoms with Gasteiger partial charge >= 0.3 is 0 Å². The monoisotopic (exact) mass is 571 g/mol. The van der Waals surface area contributed by atoms with Gasteiger partial charge in [-0.3, -0.25) is 14.4 Å². The second-order valence-corrected chi connectivity index (χ2v) is 13.9. The topological polar surface area (TPSA) is 117 Å². The van der Waals surface area contributed by atoms with Crippen LogP contribution in [0.4, 0.5) is 0 Å². The molecule has 1 unspecified atom stereocenters. The number of nitrogens with zero attached hydrogens (tertiary/aromatic N) is 1. The molecule has 3 amide bonds. The lowest BCUT2D eigenvalue weighted by Gasteiger charge is -2.35. The number of hydrogen-bond acceptors (Lipinski definition) is 6. The first kappa shape index (κ1) is 28.4. The normalized spacial score (nSPS) is 30.2. The van der Waals surface area contributed by atoms with Crippen LogP contribution in [0.25, 0.3) is 0 Å². The molecule has 2 heterocycles. The Morgan fingerprint density at radius 1 is 1.08 bits per heavy atom. The van der Waals surface area contributed by atoms with Crippen LogP contribution in [0.5, 0.6) is 0 Å². The highest BCUT2D eigenvalue weighted by Gasteiger charge is 2.55. The number of nitrogens with two attached hydrogens (primary N) is 1. The Morgan fingerprint density at radius 2 is 1.82 bits per heavy atom. The molecule has 10 heteroatoms. The Morgan fingerprint density at radius 3 is 2.56 bits per heavy atom. The zero-order chi connectivity index (χ0) is 27.7. The van der Waals surface area contributed by atoms with Crippen molar-refractivity contribution in [2.75, 3.05) is 12.3 Å². The summed E-state index contributed by atoms with van der Waals surface area (Å²) in [6.07, 6.45) is 7.48. The van der Waals surface area contributed by atoms with Crippen LogP contribution in [-0.2, 0) is 20.8 Å². The highest BCUT2D eigenvalue weighted by atomic mass is 32.2. The lowest BCUT2D eigenvalue weighted by molar-refractivity contribution is -0.143. The van der Waals surface area contributed by atoms with E-state index in [9.17, 15) is 14.4 Å². The molecule has 0 radical (unpaired) electrons. The standard InChI is InChI=1S/C29H41N5O3S2/c1-29(2)15-23-34(28(37)21(12-13-39-23)32-22(38)16-30)25(29)27(36)33-24-19-11-7-6-8-17(19)14-20(24)26(35)31-18-9-4-3-5-10-18/h6-8,11,18,20-21,23-25H,3-5,9-10,12-16,30H2,1-2H3,(H,31,35)(H,32,38)(H,33,36)/t20-,21+,23?,24+,25-/m1/s1. The number of thiocarbonyl (C=S) groups is 1. The van der Waals surface area contributed by atoms with Gasteiger partial charge in [-0.15, -0.1) is 11.8 Å². The molecule has 2 aliphatic carbocycles. The molecule has 0 spiro atoms. The minimum absolute atomic E-state index is 0.00734. The summed E-state index contributed by atoms with van der Waals surface area (Å²) >= 11 is 7.00. The van der Waals surface area contributed by atoms with Crippen molar-refractivity contribution in [2.24, 2.45) is 17.1 Å². The summed E-state index contributed by atoms with van der Waals surface area (Å²) in [6, 6.07) is 6.63. The summed E-state index contributed by atoms with van der Waals surface area (Å²) in [6.45, 7) is 4.29. The van der Waals surface area contributed by atoms with Crippen LogP contribution in [0.1, 0.15) is 76.0 Å². The van der Waals surface area contributed by atoms with Gasteiger partial charge in [0.25, 0.3) is 0 Å². The highest BCUT2D eigenvalue weighted by molar-refractivity contribution is 7.99. The Bertz CT molecular complexity index is 1120. The molecule has 212 valence electrons. The maximum absolute atomic E-state index is 14.2. The lowest BCUT2D eigenvalue weighted by atomic mass is 9.83. The molecule has 1 aromatic rings. The number of nitrogens with one attached hydrogen (secondary N) is 3. The van der Waals surface area contributed by atoms with Crippen LogP contribution in [0, 0.1) is 11.3 Å². The van der Waals surface area contributed by atoms with Crippen molar-refractivity contribution >= 4 is 46.7 Å². The minimum Gasteiger partial charge on any atom is -0.367 e. The fourth-order valence-electron chi connectivity index (χ4n) is 6.91. The molecule has 0 aromatic heterocycles. The van der Waals surface area contributed by atoms with Crippen LogP contribution in [0.2, 0.25) is 0 Å². The van der Waals surface area contributed by atoms with E-state index in [0.29, 0.717) is 17.8 Å². The molecule has 5 N–H and O–H groups in total. The average Bonchev–Trinajstić information content (AvgIpc) is 3.37. The van der Waals surface area contributed by atoms with Gasteiger partial charge in [0.15, 0.2) is 0 Å². The predicted molar refractivity (Wildman–Crippen MR) is 158 cm³/mol. The van der Waals surface area contributed by atoms with E-state index in [-0.39, 0.29) is 41.6 Å². The van der Waals surface area contributed by atoms with E-state index < -0.39 is 23.5 Å². The molecule has 3 fully saturated rings. The first-order valence-corrected chi connectivity index (χ1v) is 15.8. The fourth-order valence-corrected chi connectivity index (χ4v) is 8.63. The number of fused-ring (bicyclic) bond motifs is 2. The summed E-state index contributed by atoms with van der Waals surface area (Å²) in [5.74, 6) is 0.120. The van der Waals surface area contributed by atoms with Gasteiger partial charge in [0.05, 0.1) is 22.3 Å². The third-order valence-electron chi connectivity index (χ3n) is 8.89. The Balaban J connectivity index is 1.38. The maximum Gasteiger partial charge on any atom is 0.246 e. The van der Waals surface area contributed by atoms with Crippen LogP contribution in [0.15, 0.2) is 24.3 Å². The highest BCUT2D eigenvalue weighted by Crippen LogP contribution is 2.47. The molecule has 5 atom stereocenters. The summed E-state index contributed by atoms with van der Waals surface area (Å²) in [5.41, 5.74) is 7.36. The summed E-state index contributed by atoms with van der Waals surface area (Å²) in [7, 11) is 0. The van der Waals surface area contributed by atoms with Gasteiger partial charge < -0.3 is 26.6 Å². The molecule has 2 aliphatic heterocycles. The SMILES string of the molecule is CC1(C)CC2SCC[C@H](NC(=S)CN)C(=O)N2[C@@H]1C(=O)N[C@H]1c2ccccc2C[C@H]1C(=O)NC1CCCCC1. The first-order valence-electron chi connectivity index (χ1n) is 14.3. The zero-order valence-corrected chi connectivity index (χ0v) is 24.5. The number of amides is 3. The van der Waals surface area contributed by atoms with Crippen molar-refractivity contribution in [3.05, 3.63) is 35.4 Å². The third-order valence-corrected chi connectivity index (χ3v) is 10.4. The number of benzene rings is 1. The molecule has 39 heavy (non-hydrogen) atoms. The largest absolute Gasteiger partial charge is 0.367 e. The molecule has 0 bridgehead atoms. The van der Waals surface area contributed by atoms with E-state index in [0.717, 1.165) is 49.0 Å². The van der Waals surface area contributed by atoms with Crippen molar-refractivity contribution in [1.82, 2.24) is 20.9 Å². The van der Waals surface area contributed by atoms with E-state index in [1.807, 2.05) is 24.3 Å². The smallest absolute Gasteiger partial charge is 0.246 e. The van der Waals surface area contributed by atoms with Crippen LogP contribution in [0.3, 0.4) is 0 Å². The molecule has 2 saturated heterocycles. The third kappa shape index (κ3) is 5.84. The minimum atomic E-state index is -0.647. The Hall–Kier alpha value is -2.17. The Kier molecular flexibility index (Phi) is 8.54. The number of hydrogen-bond donors (Lipinski definition) is 4. The van der Waals surface area contributed by atoms with E-state index in [1.54, 1.807) is 16.7 Å². The molecular weight excluding hydrogens is 530 g/mol. The molecule has 4 aliphatic rings. The fraction of sp³-hybridized carbons (Fsp3) is 0.655. The molecular formula is C29H41N5O3S2. The van der Waals surface area contributed by atoms with Gasteiger partial charge in [0, 0.05) is 12.6 Å². The van der Waals surface area contributed by atoms with Gasteiger partial charge in [-0.25, -0.2) is 0 Å². The lowest BCUT2D eigenvalue weighted by Crippen LogP contribution is -2.57. The molecule has 1 aromatic carbocycles. The summed E-state index contributed by atoms with van der Waals surface area (Å²) < 4.78 is 0. The zero-order valence-electron chi connectivity index (χ0n) is 22.9. The number of carbonyl (C=O) groups excluding carboxylic acids is 3. The van der Waals surface area contributed by atoms with Crippen molar-refractivity contribution in [3.8, 4) is 0 Å². The van der Waals surface area contributed by atoms with E-state index in [4.69, 9.17) is 18.0 Å². The Labute approximate surface area is 241 Å². The van der Waals surface area contributed by atoms with Crippen molar-refractivity contribution in [1.29, 1.82) is 0 Å². The predicted octanol–water partition coefficient (Wildman–Crippen LogP) is 2.80. The van der Waals surface area contributed by atoms with Crippen LogP contribution >= 0.6 is 24.0 Å². The second kappa shape index (κ2) is 11.7. The average molecular weight is 572 g/mol. The molecule has 5 rings (SSSR count). The molecule has 8 nitrogen and oxygen atoms in total. The number of carbonyl (C=O) groups is 3. The number of thioether (sulfide) groups is 1. The first-order chi connectivity index (χ1) is 18.7. The molecule has 1 saturated carbocycles. The summed E-state index contributed by atoms with van der Waals surface area (Å²) in [4.78, 5) is 43.8. The second-order valence-electron chi connectivity index (χ2n) is 12.1. The van der Waals surface area contributed by atoms with E-state index in [2.05, 4.69) is 29.8 Å². The van der Waals surface area contributed by atoms with Gasteiger partial charge in [0.2, 0.25) is 17.7 Å². The van der Waals surface area contributed by atoms with Gasteiger partial charge in [-0.1, -0.05) is 69.6 Å². The summed E-state index contributed by atoms with van der Waals surface area (Å²) in [5, 5.41) is 9.60. The number of rotatable bonds is 6. The van der Waals surface area contributed by atoms with Crippen molar-refractivity contribution in [3.63, 3.8) is 0 Å². The van der Waals surface area contributed by atoms with Gasteiger partial charge in [-0.2, -0.15) is 0 Å². The van der Waals surface area contributed by atoms with Gasteiger partial charge in [0.1, 0.15) is 12.1 Å². The van der Waals surface area contributed by atoms with Crippen molar-refractivity contribution in [2.45, 2.75) is 94.8 Å². The van der Waals surface area contributed by atoms with Gasteiger partial charge in [-0.05, 0) is 54.4 Å².